The van der Waals surface area contributed by atoms with E-state index in [2.05, 4.69) is 32.3 Å². The van der Waals surface area contributed by atoms with E-state index in [0.717, 1.165) is 37.3 Å². The topological polar surface area (TPSA) is 58.3 Å². The molecule has 1 aliphatic rings. The van der Waals surface area contributed by atoms with Gasteiger partial charge in [-0.05, 0) is 44.1 Å². The lowest BCUT2D eigenvalue weighted by Gasteiger charge is -2.32. The SMILES string of the molecule is CCN1CCCC(Nc2nnc(-c3ccc(Cl)cc3Cl)n3ccnc23)C1. The summed E-state index contributed by atoms with van der Waals surface area (Å²) in [6.07, 6.45) is 5.92. The van der Waals surface area contributed by atoms with Crippen molar-refractivity contribution >= 4 is 34.7 Å². The van der Waals surface area contributed by atoms with E-state index in [4.69, 9.17) is 23.2 Å². The molecule has 0 spiro atoms. The molecular formula is C18H20Cl2N6. The third kappa shape index (κ3) is 3.37. The second-order valence-electron chi connectivity index (χ2n) is 6.49. The Morgan fingerprint density at radius 3 is 2.96 bits per heavy atom. The van der Waals surface area contributed by atoms with Crippen LogP contribution < -0.4 is 5.32 Å². The molecule has 0 aliphatic carbocycles. The number of piperidine rings is 1. The number of rotatable bonds is 4. The summed E-state index contributed by atoms with van der Waals surface area (Å²) in [5.41, 5.74) is 1.52. The highest BCUT2D eigenvalue weighted by Crippen LogP contribution is 2.30. The minimum absolute atomic E-state index is 0.350. The van der Waals surface area contributed by atoms with Gasteiger partial charge in [0.15, 0.2) is 17.3 Å². The lowest BCUT2D eigenvalue weighted by Crippen LogP contribution is -2.42. The lowest BCUT2D eigenvalue weighted by molar-refractivity contribution is 0.226. The smallest absolute Gasteiger partial charge is 0.192 e. The van der Waals surface area contributed by atoms with Gasteiger partial charge < -0.3 is 10.2 Å². The molecule has 26 heavy (non-hydrogen) atoms. The number of likely N-dealkylation sites (N-methyl/N-ethyl adjacent to an activating group) is 1. The Kier molecular flexibility index (Phi) is 4.98. The Balaban J connectivity index is 1.68. The normalized spacial score (nSPS) is 18.3. The number of anilines is 1. The van der Waals surface area contributed by atoms with E-state index in [1.165, 1.54) is 6.42 Å². The van der Waals surface area contributed by atoms with Crippen LogP contribution in [0.4, 0.5) is 5.82 Å². The van der Waals surface area contributed by atoms with E-state index in [-0.39, 0.29) is 0 Å². The second kappa shape index (κ2) is 7.39. The van der Waals surface area contributed by atoms with Crippen LogP contribution in [0.3, 0.4) is 0 Å². The summed E-state index contributed by atoms with van der Waals surface area (Å²) in [5.74, 6) is 1.34. The van der Waals surface area contributed by atoms with Crippen LogP contribution in [0.15, 0.2) is 30.6 Å². The fraction of sp³-hybridized carbons (Fsp3) is 0.389. The monoisotopic (exact) mass is 390 g/mol. The van der Waals surface area contributed by atoms with Crippen molar-refractivity contribution in [2.45, 2.75) is 25.8 Å². The zero-order valence-corrected chi connectivity index (χ0v) is 16.0. The molecule has 3 aromatic rings. The van der Waals surface area contributed by atoms with E-state index in [9.17, 15) is 0 Å². The number of hydrogen-bond donors (Lipinski definition) is 1. The Morgan fingerprint density at radius 1 is 1.27 bits per heavy atom. The van der Waals surface area contributed by atoms with Crippen molar-refractivity contribution in [3.05, 3.63) is 40.6 Å². The first-order chi connectivity index (χ1) is 12.7. The molecule has 0 amide bonds. The highest BCUT2D eigenvalue weighted by molar-refractivity contribution is 6.36. The molecule has 0 bridgehead atoms. The second-order valence-corrected chi connectivity index (χ2v) is 7.34. The number of halogens is 2. The van der Waals surface area contributed by atoms with E-state index in [0.29, 0.717) is 27.7 Å². The van der Waals surface area contributed by atoms with Gasteiger partial charge >= 0.3 is 0 Å². The summed E-state index contributed by atoms with van der Waals surface area (Å²) in [7, 11) is 0. The van der Waals surface area contributed by atoms with Gasteiger partial charge in [-0.3, -0.25) is 4.40 Å². The van der Waals surface area contributed by atoms with Gasteiger partial charge in [-0.2, -0.15) is 0 Å². The molecule has 6 nitrogen and oxygen atoms in total. The third-order valence-electron chi connectivity index (χ3n) is 4.79. The Hall–Kier alpha value is -1.89. The van der Waals surface area contributed by atoms with Crippen molar-refractivity contribution in [3.8, 4) is 11.4 Å². The van der Waals surface area contributed by atoms with Crippen LogP contribution in [-0.4, -0.2) is 50.2 Å². The van der Waals surface area contributed by atoms with Crippen LogP contribution in [0.5, 0.6) is 0 Å². The molecular weight excluding hydrogens is 371 g/mol. The van der Waals surface area contributed by atoms with Crippen LogP contribution in [0.25, 0.3) is 17.0 Å². The molecule has 1 fully saturated rings. The maximum atomic E-state index is 6.35. The Labute approximate surface area is 162 Å². The third-order valence-corrected chi connectivity index (χ3v) is 5.34. The van der Waals surface area contributed by atoms with E-state index >= 15 is 0 Å². The summed E-state index contributed by atoms with van der Waals surface area (Å²) in [4.78, 5) is 6.92. The number of likely N-dealkylation sites (tertiary alicyclic amines) is 1. The first kappa shape index (κ1) is 17.5. The zero-order valence-electron chi connectivity index (χ0n) is 14.5. The Morgan fingerprint density at radius 2 is 2.15 bits per heavy atom. The van der Waals surface area contributed by atoms with Crippen molar-refractivity contribution in [2.24, 2.45) is 0 Å². The number of fused-ring (bicyclic) bond motifs is 1. The average Bonchev–Trinajstić information content (AvgIpc) is 3.13. The van der Waals surface area contributed by atoms with Crippen molar-refractivity contribution in [3.63, 3.8) is 0 Å². The average molecular weight is 391 g/mol. The molecule has 1 aliphatic heterocycles. The van der Waals surface area contributed by atoms with Crippen molar-refractivity contribution in [1.29, 1.82) is 0 Å². The Bertz CT molecular complexity index is 925. The number of hydrogen-bond acceptors (Lipinski definition) is 5. The molecule has 1 unspecified atom stereocenters. The first-order valence-electron chi connectivity index (χ1n) is 8.79. The van der Waals surface area contributed by atoms with Crippen LogP contribution in [0.1, 0.15) is 19.8 Å². The number of benzene rings is 1. The van der Waals surface area contributed by atoms with Crippen LogP contribution in [-0.2, 0) is 0 Å². The maximum absolute atomic E-state index is 6.35. The molecule has 1 saturated heterocycles. The van der Waals surface area contributed by atoms with Gasteiger partial charge in [-0.1, -0.05) is 30.1 Å². The van der Waals surface area contributed by atoms with E-state index in [1.54, 1.807) is 18.3 Å². The molecule has 136 valence electrons. The van der Waals surface area contributed by atoms with Crippen LogP contribution in [0, 0.1) is 0 Å². The van der Waals surface area contributed by atoms with Gasteiger partial charge in [-0.25, -0.2) is 4.98 Å². The van der Waals surface area contributed by atoms with E-state index < -0.39 is 0 Å². The molecule has 1 aromatic carbocycles. The van der Waals surface area contributed by atoms with Gasteiger partial charge in [0.05, 0.1) is 5.02 Å². The van der Waals surface area contributed by atoms with Gasteiger partial charge in [0, 0.05) is 35.6 Å². The highest BCUT2D eigenvalue weighted by Gasteiger charge is 2.21. The fourth-order valence-corrected chi connectivity index (χ4v) is 3.93. The molecule has 1 N–H and O–H groups in total. The van der Waals surface area contributed by atoms with Gasteiger partial charge in [0.25, 0.3) is 0 Å². The number of aromatic nitrogens is 4. The predicted octanol–water partition coefficient (Wildman–Crippen LogP) is 3.99. The summed E-state index contributed by atoms with van der Waals surface area (Å²) < 4.78 is 1.91. The molecule has 0 radical (unpaired) electrons. The number of nitrogens with zero attached hydrogens (tertiary/aromatic N) is 5. The fourth-order valence-electron chi connectivity index (χ4n) is 3.44. The summed E-state index contributed by atoms with van der Waals surface area (Å²) >= 11 is 12.4. The first-order valence-corrected chi connectivity index (χ1v) is 9.55. The van der Waals surface area contributed by atoms with Crippen molar-refractivity contribution < 1.29 is 0 Å². The summed E-state index contributed by atoms with van der Waals surface area (Å²) in [6.45, 7) is 5.43. The molecule has 8 heteroatoms. The van der Waals surface area contributed by atoms with E-state index in [1.807, 2.05) is 16.7 Å². The molecule has 2 aromatic heterocycles. The predicted molar refractivity (Wildman–Crippen MR) is 105 cm³/mol. The standard InChI is InChI=1S/C18H20Cl2N6/c1-2-25-8-3-4-13(11-25)22-16-18-21-7-9-26(18)17(24-23-16)14-6-5-12(19)10-15(14)20/h5-7,9-10,13H,2-4,8,11H2,1H3,(H,22,23). The quantitative estimate of drug-likeness (QED) is 0.729. The molecule has 0 saturated carbocycles. The van der Waals surface area contributed by atoms with Crippen LogP contribution in [0.2, 0.25) is 10.0 Å². The van der Waals surface area contributed by atoms with Gasteiger partial charge in [0.2, 0.25) is 0 Å². The van der Waals surface area contributed by atoms with Crippen molar-refractivity contribution in [1.82, 2.24) is 24.5 Å². The molecule has 3 heterocycles. The van der Waals surface area contributed by atoms with Crippen LogP contribution >= 0.6 is 23.2 Å². The summed E-state index contributed by atoms with van der Waals surface area (Å²) in [6, 6.07) is 5.70. The highest BCUT2D eigenvalue weighted by atomic mass is 35.5. The van der Waals surface area contributed by atoms with Gasteiger partial charge in [0.1, 0.15) is 0 Å². The summed E-state index contributed by atoms with van der Waals surface area (Å²) in [5, 5.41) is 13.5. The maximum Gasteiger partial charge on any atom is 0.192 e. The van der Waals surface area contributed by atoms with Crippen molar-refractivity contribution in [2.75, 3.05) is 25.0 Å². The largest absolute Gasteiger partial charge is 0.361 e. The minimum atomic E-state index is 0.350. The molecule has 1 atom stereocenters. The lowest BCUT2D eigenvalue weighted by atomic mass is 10.1. The van der Waals surface area contributed by atoms with Gasteiger partial charge in [-0.15, -0.1) is 10.2 Å². The molecule has 4 rings (SSSR count). The number of imidazole rings is 1. The zero-order chi connectivity index (χ0) is 18.1. The number of nitrogens with one attached hydrogen (secondary N) is 1. The minimum Gasteiger partial charge on any atom is -0.361 e.